The molecular weight excluding hydrogens is 196 g/mol. The minimum absolute atomic E-state index is 1.21. The molecule has 0 aliphatic heterocycles. The summed E-state index contributed by atoms with van der Waals surface area (Å²) >= 11 is 0. The van der Waals surface area contributed by atoms with E-state index in [9.17, 15) is 0 Å². The van der Waals surface area contributed by atoms with E-state index in [-0.39, 0.29) is 0 Å². The highest BCUT2D eigenvalue weighted by Gasteiger charge is 2.07. The second-order valence-corrected chi connectivity index (χ2v) is 4.52. The Labute approximate surface area is 95.6 Å². The highest BCUT2D eigenvalue weighted by atomic mass is 15.2. The number of aryl methyl sites for hydroxylation is 1. The Hall–Kier alpha value is -1.57. The Kier molecular flexibility index (Phi) is 2.28. The van der Waals surface area contributed by atoms with E-state index in [1.807, 2.05) is 17.9 Å². The van der Waals surface area contributed by atoms with Crippen LogP contribution >= 0.6 is 0 Å². The Morgan fingerprint density at radius 3 is 3.00 bits per heavy atom. The van der Waals surface area contributed by atoms with Gasteiger partial charge in [-0.1, -0.05) is 12.1 Å². The van der Waals surface area contributed by atoms with Gasteiger partial charge in [0.2, 0.25) is 0 Å². The summed E-state index contributed by atoms with van der Waals surface area (Å²) in [5.74, 6) is 0. The molecule has 1 aliphatic rings. The summed E-state index contributed by atoms with van der Waals surface area (Å²) in [7, 11) is 1.99. The van der Waals surface area contributed by atoms with Crippen LogP contribution in [0.1, 0.15) is 31.2 Å². The molecule has 2 aromatic rings. The van der Waals surface area contributed by atoms with Crippen molar-refractivity contribution in [2.24, 2.45) is 7.05 Å². The van der Waals surface area contributed by atoms with Gasteiger partial charge in [0.05, 0.1) is 11.7 Å². The van der Waals surface area contributed by atoms with Crippen LogP contribution in [0.2, 0.25) is 0 Å². The predicted molar refractivity (Wildman–Crippen MR) is 67.2 cm³/mol. The lowest BCUT2D eigenvalue weighted by Crippen LogP contribution is -1.92. The van der Waals surface area contributed by atoms with Crippen molar-refractivity contribution < 1.29 is 0 Å². The molecule has 1 aromatic carbocycles. The van der Waals surface area contributed by atoms with Crippen molar-refractivity contribution in [1.29, 1.82) is 0 Å². The maximum Gasteiger partial charge on any atom is 0.0679 e. The van der Waals surface area contributed by atoms with Gasteiger partial charge in [-0.3, -0.25) is 4.68 Å². The van der Waals surface area contributed by atoms with Crippen molar-refractivity contribution in [1.82, 2.24) is 9.78 Å². The molecule has 2 nitrogen and oxygen atoms in total. The molecular formula is C14H16N2. The third-order valence-electron chi connectivity index (χ3n) is 3.41. The van der Waals surface area contributed by atoms with Crippen LogP contribution in [0.4, 0.5) is 0 Å². The molecule has 0 N–H and O–H groups in total. The molecule has 0 bridgehead atoms. The van der Waals surface area contributed by atoms with E-state index in [2.05, 4.69) is 29.4 Å². The lowest BCUT2D eigenvalue weighted by Gasteiger charge is -2.12. The van der Waals surface area contributed by atoms with Crippen molar-refractivity contribution in [2.45, 2.75) is 25.7 Å². The van der Waals surface area contributed by atoms with Crippen molar-refractivity contribution in [3.63, 3.8) is 0 Å². The van der Waals surface area contributed by atoms with Crippen molar-refractivity contribution in [3.05, 3.63) is 36.0 Å². The SMILES string of the molecule is Cn1ncc2cc(C3=CCCCC3)ccc21. The van der Waals surface area contributed by atoms with Crippen molar-refractivity contribution in [3.8, 4) is 0 Å². The first-order valence-corrected chi connectivity index (χ1v) is 5.96. The van der Waals surface area contributed by atoms with Gasteiger partial charge in [0, 0.05) is 12.4 Å². The zero-order valence-corrected chi connectivity index (χ0v) is 9.61. The average Bonchev–Trinajstić information content (AvgIpc) is 2.72. The fraction of sp³-hybridized carbons (Fsp3) is 0.357. The zero-order chi connectivity index (χ0) is 11.0. The van der Waals surface area contributed by atoms with Gasteiger partial charge in [-0.2, -0.15) is 5.10 Å². The van der Waals surface area contributed by atoms with E-state index >= 15 is 0 Å². The highest BCUT2D eigenvalue weighted by molar-refractivity contribution is 5.83. The third kappa shape index (κ3) is 1.54. The van der Waals surface area contributed by atoms with E-state index in [0.717, 1.165) is 0 Å². The third-order valence-corrected chi connectivity index (χ3v) is 3.41. The molecule has 16 heavy (non-hydrogen) atoms. The summed E-state index contributed by atoms with van der Waals surface area (Å²) in [6.45, 7) is 0. The summed E-state index contributed by atoms with van der Waals surface area (Å²) in [5.41, 5.74) is 4.09. The quantitative estimate of drug-likeness (QED) is 0.707. The van der Waals surface area contributed by atoms with Crippen LogP contribution in [0.3, 0.4) is 0 Å². The Morgan fingerprint density at radius 1 is 1.25 bits per heavy atom. The van der Waals surface area contributed by atoms with Gasteiger partial charge in [-0.05, 0) is 49.0 Å². The first-order chi connectivity index (χ1) is 7.84. The minimum atomic E-state index is 1.21. The maximum atomic E-state index is 4.28. The first-order valence-electron chi connectivity index (χ1n) is 5.96. The maximum absolute atomic E-state index is 4.28. The summed E-state index contributed by atoms with van der Waals surface area (Å²) in [6, 6.07) is 6.66. The molecule has 1 aromatic heterocycles. The largest absolute Gasteiger partial charge is 0.268 e. The molecule has 0 saturated heterocycles. The van der Waals surface area contributed by atoms with Gasteiger partial charge in [0.15, 0.2) is 0 Å². The topological polar surface area (TPSA) is 17.8 Å². The zero-order valence-electron chi connectivity index (χ0n) is 9.61. The minimum Gasteiger partial charge on any atom is -0.268 e. The molecule has 0 radical (unpaired) electrons. The molecule has 0 amide bonds. The lowest BCUT2D eigenvalue weighted by molar-refractivity contribution is 0.742. The normalized spacial score (nSPS) is 16.4. The molecule has 0 fully saturated rings. The first kappa shape index (κ1) is 9.64. The molecule has 0 unspecified atom stereocenters. The van der Waals surface area contributed by atoms with E-state index in [1.165, 1.54) is 47.7 Å². The van der Waals surface area contributed by atoms with Crippen LogP contribution in [0.15, 0.2) is 30.5 Å². The number of hydrogen-bond acceptors (Lipinski definition) is 1. The predicted octanol–water partition coefficient (Wildman–Crippen LogP) is 3.53. The highest BCUT2D eigenvalue weighted by Crippen LogP contribution is 2.28. The standard InChI is InChI=1S/C14H16N2/c1-16-14-8-7-12(9-13(14)10-15-16)11-5-3-2-4-6-11/h5,7-10H,2-4,6H2,1H3. The fourth-order valence-corrected chi connectivity index (χ4v) is 2.46. The van der Waals surface area contributed by atoms with E-state index in [1.54, 1.807) is 0 Å². The summed E-state index contributed by atoms with van der Waals surface area (Å²) in [4.78, 5) is 0. The van der Waals surface area contributed by atoms with Crippen LogP contribution in [0.25, 0.3) is 16.5 Å². The number of benzene rings is 1. The van der Waals surface area contributed by atoms with Crippen molar-refractivity contribution in [2.75, 3.05) is 0 Å². The molecule has 0 spiro atoms. The smallest absolute Gasteiger partial charge is 0.0679 e. The van der Waals surface area contributed by atoms with Crippen LogP contribution in [-0.4, -0.2) is 9.78 Å². The molecule has 1 heterocycles. The van der Waals surface area contributed by atoms with Gasteiger partial charge in [0.25, 0.3) is 0 Å². The molecule has 0 saturated carbocycles. The Morgan fingerprint density at radius 2 is 2.19 bits per heavy atom. The summed E-state index contributed by atoms with van der Waals surface area (Å²) in [6.07, 6.45) is 9.48. The number of hydrogen-bond donors (Lipinski definition) is 0. The van der Waals surface area contributed by atoms with Gasteiger partial charge >= 0.3 is 0 Å². The monoisotopic (exact) mass is 212 g/mol. The van der Waals surface area contributed by atoms with Gasteiger partial charge < -0.3 is 0 Å². The van der Waals surface area contributed by atoms with E-state index in [0.29, 0.717) is 0 Å². The molecule has 82 valence electrons. The Balaban J connectivity index is 2.07. The molecule has 0 atom stereocenters. The van der Waals surface area contributed by atoms with Crippen LogP contribution in [-0.2, 0) is 7.05 Å². The van der Waals surface area contributed by atoms with Gasteiger partial charge in [0.1, 0.15) is 0 Å². The van der Waals surface area contributed by atoms with Gasteiger partial charge in [-0.25, -0.2) is 0 Å². The molecule has 1 aliphatic carbocycles. The number of rotatable bonds is 1. The van der Waals surface area contributed by atoms with Crippen LogP contribution < -0.4 is 0 Å². The number of aromatic nitrogens is 2. The van der Waals surface area contributed by atoms with Gasteiger partial charge in [-0.15, -0.1) is 0 Å². The average molecular weight is 212 g/mol. The second kappa shape index (κ2) is 3.78. The Bertz CT molecular complexity index is 549. The summed E-state index contributed by atoms with van der Waals surface area (Å²) in [5, 5.41) is 5.52. The number of nitrogens with zero attached hydrogens (tertiary/aromatic N) is 2. The number of fused-ring (bicyclic) bond motifs is 1. The van der Waals surface area contributed by atoms with Crippen LogP contribution in [0.5, 0.6) is 0 Å². The number of allylic oxidation sites excluding steroid dienone is 2. The fourth-order valence-electron chi connectivity index (χ4n) is 2.46. The lowest BCUT2D eigenvalue weighted by atomic mass is 9.93. The second-order valence-electron chi connectivity index (χ2n) is 4.52. The molecule has 3 rings (SSSR count). The summed E-state index contributed by atoms with van der Waals surface area (Å²) < 4.78 is 1.92. The van der Waals surface area contributed by atoms with Crippen LogP contribution in [0, 0.1) is 0 Å². The van der Waals surface area contributed by atoms with Crippen molar-refractivity contribution >= 4 is 16.5 Å². The van der Waals surface area contributed by atoms with E-state index in [4.69, 9.17) is 0 Å². The molecule has 2 heteroatoms. The van der Waals surface area contributed by atoms with E-state index < -0.39 is 0 Å².